The first-order chi connectivity index (χ1) is 5.79. The standard InChI is InChI=1S/C7H7F.C2H6.CH4S/c1-6-2-4-7(8)5-3-6;2*1-2/h2-5H,1H3;1-2H3;2H,1H3. The van der Waals surface area contributed by atoms with Gasteiger partial charge in [0.1, 0.15) is 5.82 Å². The van der Waals surface area contributed by atoms with Gasteiger partial charge in [-0.3, -0.25) is 0 Å². The molecule has 1 rings (SSSR count). The summed E-state index contributed by atoms with van der Waals surface area (Å²) in [5, 5.41) is 0. The van der Waals surface area contributed by atoms with Crippen molar-refractivity contribution >= 4 is 12.6 Å². The van der Waals surface area contributed by atoms with E-state index < -0.39 is 0 Å². The van der Waals surface area contributed by atoms with Gasteiger partial charge in [-0.2, -0.15) is 12.6 Å². The van der Waals surface area contributed by atoms with Crippen molar-refractivity contribution in [1.82, 2.24) is 0 Å². The lowest BCUT2D eigenvalue weighted by molar-refractivity contribution is 0.627. The molecule has 0 unspecified atom stereocenters. The van der Waals surface area contributed by atoms with Gasteiger partial charge in [0.2, 0.25) is 0 Å². The van der Waals surface area contributed by atoms with Crippen LogP contribution >= 0.6 is 12.6 Å². The second kappa shape index (κ2) is 10.5. The summed E-state index contributed by atoms with van der Waals surface area (Å²) in [6.45, 7) is 5.93. The molecule has 0 atom stereocenters. The van der Waals surface area contributed by atoms with Gasteiger partial charge in [-0.15, -0.1) is 0 Å². The Kier molecular flexibility index (Phi) is 12.3. The van der Waals surface area contributed by atoms with Gasteiger partial charge in [-0.25, -0.2) is 4.39 Å². The van der Waals surface area contributed by atoms with Crippen molar-refractivity contribution in [1.29, 1.82) is 0 Å². The number of thiol groups is 1. The van der Waals surface area contributed by atoms with Gasteiger partial charge in [0.15, 0.2) is 0 Å². The van der Waals surface area contributed by atoms with Crippen LogP contribution in [-0.4, -0.2) is 6.26 Å². The molecule has 0 bridgehead atoms. The minimum absolute atomic E-state index is 0.171. The van der Waals surface area contributed by atoms with Crippen LogP contribution in [-0.2, 0) is 0 Å². The highest BCUT2D eigenvalue weighted by Gasteiger charge is 1.83. The van der Waals surface area contributed by atoms with Crippen LogP contribution in [0.1, 0.15) is 19.4 Å². The lowest BCUT2D eigenvalue weighted by Gasteiger charge is -1.87. The van der Waals surface area contributed by atoms with Gasteiger partial charge in [-0.05, 0) is 25.3 Å². The normalized spacial score (nSPS) is 7.17. The predicted octanol–water partition coefficient (Wildman–Crippen LogP) is 3.71. The molecular formula is C10H17FS. The van der Waals surface area contributed by atoms with Crippen LogP contribution in [0.3, 0.4) is 0 Å². The van der Waals surface area contributed by atoms with Crippen molar-refractivity contribution in [3.8, 4) is 0 Å². The third-order valence-corrected chi connectivity index (χ3v) is 1.01. The Labute approximate surface area is 80.2 Å². The Balaban J connectivity index is 0. The molecule has 0 nitrogen and oxygen atoms in total. The Hall–Kier alpha value is -0.500. The zero-order valence-corrected chi connectivity index (χ0v) is 9.03. The van der Waals surface area contributed by atoms with Crippen molar-refractivity contribution in [3.63, 3.8) is 0 Å². The molecule has 0 fully saturated rings. The molecule has 0 aliphatic rings. The molecule has 2 heteroatoms. The molecule has 1 aromatic rings. The Bertz CT molecular complexity index is 149. The van der Waals surface area contributed by atoms with E-state index in [1.165, 1.54) is 12.1 Å². The lowest BCUT2D eigenvalue weighted by Crippen LogP contribution is -1.71. The van der Waals surface area contributed by atoms with Gasteiger partial charge in [0.25, 0.3) is 0 Å². The first kappa shape index (κ1) is 14.0. The molecule has 0 spiro atoms. The molecule has 70 valence electrons. The van der Waals surface area contributed by atoms with E-state index >= 15 is 0 Å². The summed E-state index contributed by atoms with van der Waals surface area (Å²) in [5.41, 5.74) is 1.09. The van der Waals surface area contributed by atoms with Crippen LogP contribution in [0.15, 0.2) is 24.3 Å². The molecule has 0 amide bonds. The van der Waals surface area contributed by atoms with E-state index in [1.54, 1.807) is 18.4 Å². The van der Waals surface area contributed by atoms with Crippen LogP contribution in [0.4, 0.5) is 4.39 Å². The highest BCUT2D eigenvalue weighted by Crippen LogP contribution is 1.98. The van der Waals surface area contributed by atoms with Gasteiger partial charge in [0.05, 0.1) is 0 Å². The first-order valence-electron chi connectivity index (χ1n) is 3.96. The molecule has 0 saturated carbocycles. The topological polar surface area (TPSA) is 0 Å². The van der Waals surface area contributed by atoms with Gasteiger partial charge < -0.3 is 0 Å². The largest absolute Gasteiger partial charge is 0.207 e. The number of aryl methyl sites for hydroxylation is 1. The van der Waals surface area contributed by atoms with Crippen molar-refractivity contribution < 1.29 is 4.39 Å². The summed E-state index contributed by atoms with van der Waals surface area (Å²) in [4.78, 5) is 0. The number of hydrogen-bond acceptors (Lipinski definition) is 1. The monoisotopic (exact) mass is 188 g/mol. The Morgan fingerprint density at radius 2 is 1.33 bits per heavy atom. The third kappa shape index (κ3) is 7.61. The average molecular weight is 188 g/mol. The maximum absolute atomic E-state index is 12.1. The van der Waals surface area contributed by atoms with E-state index in [1.807, 2.05) is 20.8 Å². The quantitative estimate of drug-likeness (QED) is 0.590. The molecule has 0 heterocycles. The van der Waals surface area contributed by atoms with E-state index in [9.17, 15) is 4.39 Å². The van der Waals surface area contributed by atoms with Crippen molar-refractivity contribution in [3.05, 3.63) is 35.6 Å². The van der Waals surface area contributed by atoms with Gasteiger partial charge in [-0.1, -0.05) is 31.5 Å². The Morgan fingerprint density at radius 1 is 1.00 bits per heavy atom. The molecule has 1 aromatic carbocycles. The van der Waals surface area contributed by atoms with E-state index in [4.69, 9.17) is 0 Å². The van der Waals surface area contributed by atoms with Crippen LogP contribution < -0.4 is 0 Å². The van der Waals surface area contributed by atoms with Crippen LogP contribution in [0, 0.1) is 12.7 Å². The van der Waals surface area contributed by atoms with Crippen molar-refractivity contribution in [2.45, 2.75) is 20.8 Å². The summed E-state index contributed by atoms with van der Waals surface area (Å²) in [5.74, 6) is -0.171. The lowest BCUT2D eigenvalue weighted by atomic mass is 10.2. The molecule has 0 saturated heterocycles. The highest BCUT2D eigenvalue weighted by molar-refractivity contribution is 7.79. The summed E-state index contributed by atoms with van der Waals surface area (Å²) >= 11 is 3.53. The van der Waals surface area contributed by atoms with E-state index in [-0.39, 0.29) is 5.82 Å². The molecule has 0 N–H and O–H groups in total. The van der Waals surface area contributed by atoms with E-state index in [2.05, 4.69) is 12.6 Å². The first-order valence-corrected chi connectivity index (χ1v) is 4.85. The number of hydrogen-bond donors (Lipinski definition) is 1. The number of rotatable bonds is 0. The zero-order chi connectivity index (χ0) is 9.98. The maximum Gasteiger partial charge on any atom is 0.123 e. The zero-order valence-electron chi connectivity index (χ0n) is 8.13. The second-order valence-corrected chi connectivity index (χ2v) is 1.80. The average Bonchev–Trinajstić information content (AvgIpc) is 2.17. The predicted molar refractivity (Wildman–Crippen MR) is 57.4 cm³/mol. The smallest absolute Gasteiger partial charge is 0.123 e. The molecule has 12 heavy (non-hydrogen) atoms. The molecule has 0 aliphatic carbocycles. The fraction of sp³-hybridized carbons (Fsp3) is 0.400. The van der Waals surface area contributed by atoms with Crippen LogP contribution in [0.25, 0.3) is 0 Å². The van der Waals surface area contributed by atoms with Crippen molar-refractivity contribution in [2.75, 3.05) is 6.26 Å². The minimum atomic E-state index is -0.171. The highest BCUT2D eigenvalue weighted by atomic mass is 32.1. The van der Waals surface area contributed by atoms with E-state index in [0.717, 1.165) is 5.56 Å². The summed E-state index contributed by atoms with van der Waals surface area (Å²) < 4.78 is 12.1. The van der Waals surface area contributed by atoms with Crippen molar-refractivity contribution in [2.24, 2.45) is 0 Å². The summed E-state index contributed by atoms with van der Waals surface area (Å²) in [6, 6.07) is 6.40. The van der Waals surface area contributed by atoms with E-state index in [0.29, 0.717) is 0 Å². The molecule has 0 aliphatic heterocycles. The van der Waals surface area contributed by atoms with Crippen LogP contribution in [0.2, 0.25) is 0 Å². The molecular weight excluding hydrogens is 171 g/mol. The van der Waals surface area contributed by atoms with Crippen LogP contribution in [0.5, 0.6) is 0 Å². The van der Waals surface area contributed by atoms with Gasteiger partial charge in [0, 0.05) is 0 Å². The minimum Gasteiger partial charge on any atom is -0.207 e. The second-order valence-electron chi connectivity index (χ2n) is 1.80. The molecule has 0 aromatic heterocycles. The third-order valence-electron chi connectivity index (χ3n) is 1.01. The fourth-order valence-electron chi connectivity index (χ4n) is 0.533. The fourth-order valence-corrected chi connectivity index (χ4v) is 0.533. The SMILES string of the molecule is CC.CS.Cc1ccc(F)cc1. The maximum atomic E-state index is 12.1. The summed E-state index contributed by atoms with van der Waals surface area (Å²) in [7, 11) is 0. The summed E-state index contributed by atoms with van der Waals surface area (Å²) in [6.07, 6.45) is 1.69. The van der Waals surface area contributed by atoms with Gasteiger partial charge >= 0.3 is 0 Å². The number of halogens is 1. The Morgan fingerprint density at radius 3 is 1.58 bits per heavy atom. The molecule has 0 radical (unpaired) electrons. The number of benzene rings is 1.